The Bertz CT molecular complexity index is 898. The first kappa shape index (κ1) is 13.8. The molecule has 0 aliphatic carbocycles. The molecule has 0 radical (unpaired) electrons. The Kier molecular flexibility index (Phi) is 3.29. The largest absolute Gasteiger partial charge is 0.439 e. The van der Waals surface area contributed by atoms with Crippen molar-refractivity contribution in [1.82, 2.24) is 14.5 Å². The summed E-state index contributed by atoms with van der Waals surface area (Å²) in [6.07, 6.45) is 0. The van der Waals surface area contributed by atoms with Gasteiger partial charge >= 0.3 is 5.69 Å². The molecule has 0 saturated carbocycles. The molecule has 0 spiro atoms. The second-order valence-electron chi connectivity index (χ2n) is 4.80. The lowest BCUT2D eigenvalue weighted by molar-refractivity contribution is 0.495. The smallest absolute Gasteiger partial charge is 0.348 e. The number of aromatic nitrogens is 3. The maximum atomic E-state index is 12.0. The lowest BCUT2D eigenvalue weighted by Gasteiger charge is -2.09. The van der Waals surface area contributed by atoms with Crippen LogP contribution in [0.15, 0.2) is 31.9 Å². The number of rotatable bonds is 2. The summed E-state index contributed by atoms with van der Waals surface area (Å²) < 4.78 is 7.96. The molecular weight excluding hydrogens is 336 g/mol. The Hall–Kier alpha value is -2.15. The predicted octanol–water partition coefficient (Wildman–Crippen LogP) is 2.39. The van der Waals surface area contributed by atoms with E-state index in [4.69, 9.17) is 10.2 Å². The van der Waals surface area contributed by atoms with E-state index in [1.54, 1.807) is 25.1 Å². The number of aryl methyl sites for hydroxylation is 1. The van der Waals surface area contributed by atoms with Gasteiger partial charge in [0.05, 0.1) is 10.2 Å². The van der Waals surface area contributed by atoms with Gasteiger partial charge in [-0.3, -0.25) is 4.57 Å². The van der Waals surface area contributed by atoms with Gasteiger partial charge in [0.25, 0.3) is 0 Å². The molecule has 3 aromatic rings. The summed E-state index contributed by atoms with van der Waals surface area (Å²) >= 11 is 3.43. The van der Waals surface area contributed by atoms with E-state index in [1.165, 1.54) is 4.57 Å². The molecular formula is C14H13BrN4O2. The molecule has 1 aromatic carbocycles. The standard InChI is InChI=1S/C14H13BrN4O2/c1-7-13(15)8(2)19(14(20)17-7)6-12-18-10-5-9(16)3-4-11(10)21-12/h3-5H,6,16H2,1-2H3. The SMILES string of the molecule is Cc1nc(=O)n(Cc2nc3cc(N)ccc3o2)c(C)c1Br. The number of fused-ring (bicyclic) bond motifs is 1. The minimum atomic E-state index is -0.324. The molecule has 0 unspecified atom stereocenters. The minimum absolute atomic E-state index is 0.227. The molecule has 0 atom stereocenters. The topological polar surface area (TPSA) is 86.9 Å². The van der Waals surface area contributed by atoms with E-state index in [2.05, 4.69) is 25.9 Å². The third-order valence-corrected chi connectivity index (χ3v) is 4.43. The Morgan fingerprint density at radius 2 is 2.10 bits per heavy atom. The zero-order valence-corrected chi connectivity index (χ0v) is 13.1. The highest BCUT2D eigenvalue weighted by molar-refractivity contribution is 9.10. The van der Waals surface area contributed by atoms with Crippen LogP contribution < -0.4 is 11.4 Å². The fourth-order valence-electron chi connectivity index (χ4n) is 2.16. The number of hydrogen-bond acceptors (Lipinski definition) is 5. The predicted molar refractivity (Wildman–Crippen MR) is 83.2 cm³/mol. The molecule has 0 aliphatic heterocycles. The highest BCUT2D eigenvalue weighted by Crippen LogP contribution is 2.20. The quantitative estimate of drug-likeness (QED) is 0.718. The summed E-state index contributed by atoms with van der Waals surface area (Å²) in [4.78, 5) is 20.4. The van der Waals surface area contributed by atoms with Crippen molar-refractivity contribution in [2.45, 2.75) is 20.4 Å². The molecule has 3 rings (SSSR count). The molecule has 0 bridgehead atoms. The average molecular weight is 349 g/mol. The third-order valence-electron chi connectivity index (χ3n) is 3.28. The van der Waals surface area contributed by atoms with Crippen LogP contribution in [0, 0.1) is 13.8 Å². The zero-order chi connectivity index (χ0) is 15.1. The van der Waals surface area contributed by atoms with Gasteiger partial charge in [-0.05, 0) is 48.0 Å². The molecule has 0 amide bonds. The van der Waals surface area contributed by atoms with Gasteiger partial charge in [-0.1, -0.05) is 0 Å². The molecule has 2 aromatic heterocycles. The van der Waals surface area contributed by atoms with E-state index in [1.807, 2.05) is 6.92 Å². The van der Waals surface area contributed by atoms with Crippen LogP contribution in [0.25, 0.3) is 11.1 Å². The van der Waals surface area contributed by atoms with Crippen LogP contribution in [0.3, 0.4) is 0 Å². The number of nitrogens with two attached hydrogens (primary N) is 1. The van der Waals surface area contributed by atoms with Gasteiger partial charge in [0.15, 0.2) is 5.58 Å². The molecule has 0 saturated heterocycles. The van der Waals surface area contributed by atoms with Crippen LogP contribution in [0.5, 0.6) is 0 Å². The van der Waals surface area contributed by atoms with Crippen molar-refractivity contribution in [1.29, 1.82) is 0 Å². The monoisotopic (exact) mass is 348 g/mol. The van der Waals surface area contributed by atoms with Crippen molar-refractivity contribution >= 4 is 32.7 Å². The maximum absolute atomic E-state index is 12.0. The summed E-state index contributed by atoms with van der Waals surface area (Å²) in [5.74, 6) is 0.443. The molecule has 2 heterocycles. The normalized spacial score (nSPS) is 11.2. The Morgan fingerprint density at radius 1 is 1.33 bits per heavy atom. The van der Waals surface area contributed by atoms with Crippen molar-refractivity contribution in [3.8, 4) is 0 Å². The second-order valence-corrected chi connectivity index (χ2v) is 5.59. The van der Waals surface area contributed by atoms with Crippen molar-refractivity contribution in [2.75, 3.05) is 5.73 Å². The highest BCUT2D eigenvalue weighted by atomic mass is 79.9. The molecule has 21 heavy (non-hydrogen) atoms. The van der Waals surface area contributed by atoms with Gasteiger partial charge in [-0.15, -0.1) is 0 Å². The number of halogens is 1. The van der Waals surface area contributed by atoms with E-state index in [0.29, 0.717) is 28.4 Å². The first-order valence-electron chi connectivity index (χ1n) is 6.34. The molecule has 108 valence electrons. The minimum Gasteiger partial charge on any atom is -0.439 e. The number of benzene rings is 1. The Balaban J connectivity index is 2.06. The van der Waals surface area contributed by atoms with Crippen LogP contribution in [0.2, 0.25) is 0 Å². The maximum Gasteiger partial charge on any atom is 0.348 e. The second kappa shape index (κ2) is 5.00. The number of hydrogen-bond donors (Lipinski definition) is 1. The van der Waals surface area contributed by atoms with E-state index < -0.39 is 0 Å². The average Bonchev–Trinajstić information content (AvgIpc) is 2.83. The molecule has 7 heteroatoms. The van der Waals surface area contributed by atoms with E-state index >= 15 is 0 Å². The molecule has 2 N–H and O–H groups in total. The van der Waals surface area contributed by atoms with Gasteiger partial charge in [-0.2, -0.15) is 4.98 Å². The summed E-state index contributed by atoms with van der Waals surface area (Å²) in [6, 6.07) is 5.25. The highest BCUT2D eigenvalue weighted by Gasteiger charge is 2.13. The van der Waals surface area contributed by atoms with Gasteiger partial charge in [0.1, 0.15) is 12.1 Å². The van der Waals surface area contributed by atoms with E-state index in [0.717, 1.165) is 10.2 Å². The molecule has 0 aliphatic rings. The fraction of sp³-hybridized carbons (Fsp3) is 0.214. The Morgan fingerprint density at radius 3 is 2.86 bits per heavy atom. The van der Waals surface area contributed by atoms with Gasteiger partial charge in [0.2, 0.25) is 5.89 Å². The summed E-state index contributed by atoms with van der Waals surface area (Å²) in [5.41, 5.74) is 8.78. The van der Waals surface area contributed by atoms with Crippen LogP contribution in [-0.2, 0) is 6.54 Å². The zero-order valence-electron chi connectivity index (χ0n) is 11.6. The molecule has 0 fully saturated rings. The summed E-state index contributed by atoms with van der Waals surface area (Å²) in [6.45, 7) is 3.86. The van der Waals surface area contributed by atoms with Crippen LogP contribution in [-0.4, -0.2) is 14.5 Å². The number of anilines is 1. The Labute approximate surface area is 128 Å². The lowest BCUT2D eigenvalue weighted by Crippen LogP contribution is -2.27. The number of oxazole rings is 1. The van der Waals surface area contributed by atoms with Crippen molar-refractivity contribution < 1.29 is 4.42 Å². The number of nitrogens with zero attached hydrogens (tertiary/aromatic N) is 3. The molecule has 6 nitrogen and oxygen atoms in total. The number of nitrogen functional groups attached to an aromatic ring is 1. The van der Waals surface area contributed by atoms with Crippen LogP contribution >= 0.6 is 15.9 Å². The van der Waals surface area contributed by atoms with Crippen molar-refractivity contribution in [3.05, 3.63) is 50.4 Å². The van der Waals surface area contributed by atoms with E-state index in [-0.39, 0.29) is 12.2 Å². The van der Waals surface area contributed by atoms with Crippen LogP contribution in [0.1, 0.15) is 17.3 Å². The van der Waals surface area contributed by atoms with Crippen molar-refractivity contribution in [3.63, 3.8) is 0 Å². The first-order valence-corrected chi connectivity index (χ1v) is 7.13. The van der Waals surface area contributed by atoms with Gasteiger partial charge in [-0.25, -0.2) is 9.78 Å². The third kappa shape index (κ3) is 2.44. The fourth-order valence-corrected chi connectivity index (χ4v) is 2.46. The van der Waals surface area contributed by atoms with Gasteiger partial charge in [0, 0.05) is 11.4 Å². The lowest BCUT2D eigenvalue weighted by atomic mass is 10.3. The first-order chi connectivity index (χ1) is 9.95. The van der Waals surface area contributed by atoms with E-state index in [9.17, 15) is 4.79 Å². The van der Waals surface area contributed by atoms with Crippen LogP contribution in [0.4, 0.5) is 5.69 Å². The van der Waals surface area contributed by atoms with Gasteiger partial charge < -0.3 is 10.2 Å². The summed E-state index contributed by atoms with van der Waals surface area (Å²) in [5, 5.41) is 0. The summed E-state index contributed by atoms with van der Waals surface area (Å²) in [7, 11) is 0. The van der Waals surface area contributed by atoms with Crippen molar-refractivity contribution in [2.24, 2.45) is 0 Å².